The van der Waals surface area contributed by atoms with E-state index in [0.717, 1.165) is 46.2 Å². The van der Waals surface area contributed by atoms with E-state index in [1.165, 1.54) is 109 Å². The van der Waals surface area contributed by atoms with Crippen molar-refractivity contribution in [3.63, 3.8) is 0 Å². The summed E-state index contributed by atoms with van der Waals surface area (Å²) in [6, 6.07) is 79.1. The molecule has 0 unspecified atom stereocenters. The molecule has 0 atom stereocenters. The van der Waals surface area contributed by atoms with E-state index < -0.39 is 5.41 Å². The minimum absolute atomic E-state index is 0.504. The molecule has 0 saturated heterocycles. The molecule has 0 aliphatic heterocycles. The fourth-order valence-electron chi connectivity index (χ4n) is 12.3. The quantitative estimate of drug-likeness (QED) is 0.151. The lowest BCUT2D eigenvalue weighted by molar-refractivity contribution is 0.442. The van der Waals surface area contributed by atoms with Crippen LogP contribution < -0.4 is 15.3 Å². The first-order valence-corrected chi connectivity index (χ1v) is 24.3. The van der Waals surface area contributed by atoms with Gasteiger partial charge in [0.05, 0.1) is 16.8 Å². The molecule has 1 fully saturated rings. The fourth-order valence-corrected chi connectivity index (χ4v) is 12.3. The van der Waals surface area contributed by atoms with Crippen LogP contribution in [0.3, 0.4) is 0 Å². The van der Waals surface area contributed by atoms with Gasteiger partial charge in [0.2, 0.25) is 0 Å². The highest BCUT2D eigenvalue weighted by molar-refractivity contribution is 6.06. The monoisotopic (exact) mass is 861 g/mol. The number of furan rings is 1. The van der Waals surface area contributed by atoms with Gasteiger partial charge in [-0.25, -0.2) is 0 Å². The van der Waals surface area contributed by atoms with Crippen molar-refractivity contribution in [2.24, 2.45) is 0 Å². The number of fused-ring (bicyclic) bond motifs is 7. The summed E-state index contributed by atoms with van der Waals surface area (Å²) >= 11 is 0. The Kier molecular flexibility index (Phi) is 9.67. The van der Waals surface area contributed by atoms with Crippen LogP contribution in [0.4, 0.5) is 17.1 Å². The molecule has 0 radical (unpaired) electrons. The topological polar surface area (TPSA) is 16.4 Å². The zero-order valence-corrected chi connectivity index (χ0v) is 37.7. The van der Waals surface area contributed by atoms with Gasteiger partial charge in [-0.3, -0.25) is 0 Å². The first-order chi connectivity index (χ1) is 33.3. The second-order valence-electron chi connectivity index (χ2n) is 18.8. The normalized spacial score (nSPS) is 15.2. The predicted molar refractivity (Wildman–Crippen MR) is 279 cm³/mol. The molecule has 13 rings (SSSR count). The van der Waals surface area contributed by atoms with Gasteiger partial charge in [-0.15, -0.1) is 0 Å². The molecule has 322 valence electrons. The highest BCUT2D eigenvalue weighted by atomic mass is 16.3. The smallest absolute Gasteiger partial charge is 0.137 e. The largest absolute Gasteiger partial charge is 0.456 e. The van der Waals surface area contributed by atoms with Crippen molar-refractivity contribution in [2.75, 3.05) is 4.90 Å². The van der Waals surface area contributed by atoms with Crippen LogP contribution in [0.25, 0.3) is 55.8 Å². The zero-order valence-electron chi connectivity index (χ0n) is 37.7. The average molecular weight is 862 g/mol. The van der Waals surface area contributed by atoms with Crippen LogP contribution in [-0.4, -0.2) is 0 Å². The summed E-state index contributed by atoms with van der Waals surface area (Å²) in [5, 5.41) is 5.11. The molecule has 3 aliphatic rings. The van der Waals surface area contributed by atoms with E-state index in [0.29, 0.717) is 5.92 Å². The highest BCUT2D eigenvalue weighted by Gasteiger charge is 2.46. The third kappa shape index (κ3) is 6.38. The van der Waals surface area contributed by atoms with E-state index in [2.05, 4.69) is 223 Å². The summed E-state index contributed by atoms with van der Waals surface area (Å²) < 4.78 is 6.66. The van der Waals surface area contributed by atoms with E-state index in [1.54, 1.807) is 0 Å². The summed E-state index contributed by atoms with van der Waals surface area (Å²) in [7, 11) is 0. The Morgan fingerprint density at radius 2 is 1.10 bits per heavy atom. The number of nitrogens with zero attached hydrogens (tertiary/aromatic N) is 1. The molecule has 0 spiro atoms. The first-order valence-electron chi connectivity index (χ1n) is 24.3. The Hall–Kier alpha value is -7.68. The van der Waals surface area contributed by atoms with Gasteiger partial charge < -0.3 is 9.32 Å². The molecular weight excluding hydrogens is 811 g/mol. The number of anilines is 3. The van der Waals surface area contributed by atoms with Gasteiger partial charge in [-0.2, -0.15) is 0 Å². The van der Waals surface area contributed by atoms with Crippen molar-refractivity contribution in [1.82, 2.24) is 0 Å². The standard InChI is InChI=1S/C65H51NO/c1-4-20-44(21-5-1)51-32-18-22-45-23-19-33-57(64(45)51)54-30-12-16-36-61(54)66(49-39-41-56-55-31-13-17-37-62(55)67-63(56)43-49)60-35-15-11-28-50(60)46-38-40-53-52-29-10-14-34-58(52)65(59(53)42-46,47-24-6-2-7-25-47)48-26-8-3-9-27-48/h2-3,6-18,22-32,34-44H,1,4-5,19-21,33H2. The maximum absolute atomic E-state index is 6.66. The second kappa shape index (κ2) is 16.3. The SMILES string of the molecule is C1=c2cccc(C3CCCCC3)c2=C(c2ccccc2N(c2ccc3c(c2)oc2ccccc23)c2ccccc2-c2ccc3c(c2)C(c2ccccc2)(c2ccccc2)c2ccccc2-3)CC1. The van der Waals surface area contributed by atoms with Crippen LogP contribution in [0, 0.1) is 0 Å². The van der Waals surface area contributed by atoms with E-state index in [9.17, 15) is 0 Å². The zero-order chi connectivity index (χ0) is 44.3. The highest BCUT2D eigenvalue weighted by Crippen LogP contribution is 2.57. The van der Waals surface area contributed by atoms with Gasteiger partial charge in [-0.05, 0) is 129 Å². The molecule has 10 aromatic rings. The lowest BCUT2D eigenvalue weighted by Gasteiger charge is -2.34. The predicted octanol–water partition coefficient (Wildman–Crippen LogP) is 15.9. The van der Waals surface area contributed by atoms with Crippen molar-refractivity contribution < 1.29 is 4.42 Å². The molecule has 0 bridgehead atoms. The van der Waals surface area contributed by atoms with Gasteiger partial charge >= 0.3 is 0 Å². The van der Waals surface area contributed by atoms with Crippen molar-refractivity contribution >= 4 is 50.6 Å². The first kappa shape index (κ1) is 39.7. The number of hydrogen-bond acceptors (Lipinski definition) is 2. The lowest BCUT2D eigenvalue weighted by Crippen LogP contribution is -2.35. The summed E-state index contributed by atoms with van der Waals surface area (Å²) in [4.78, 5) is 2.52. The van der Waals surface area contributed by atoms with Crippen molar-refractivity contribution in [3.05, 3.63) is 256 Å². The van der Waals surface area contributed by atoms with Crippen LogP contribution in [-0.2, 0) is 5.41 Å². The Morgan fingerprint density at radius 1 is 0.463 bits per heavy atom. The van der Waals surface area contributed by atoms with Crippen LogP contribution in [0.2, 0.25) is 0 Å². The van der Waals surface area contributed by atoms with E-state index in [1.807, 2.05) is 0 Å². The maximum atomic E-state index is 6.66. The van der Waals surface area contributed by atoms with Gasteiger partial charge in [0.15, 0.2) is 0 Å². The van der Waals surface area contributed by atoms with Crippen molar-refractivity contribution in [3.8, 4) is 22.3 Å². The summed E-state index contributed by atoms with van der Waals surface area (Å²) in [6.45, 7) is 0. The average Bonchev–Trinajstić information content (AvgIpc) is 3.93. The van der Waals surface area contributed by atoms with E-state index in [4.69, 9.17) is 4.42 Å². The number of benzene rings is 9. The van der Waals surface area contributed by atoms with Gasteiger partial charge in [0, 0.05) is 33.7 Å². The van der Waals surface area contributed by atoms with E-state index >= 15 is 0 Å². The molecule has 0 N–H and O–H groups in total. The van der Waals surface area contributed by atoms with Gasteiger partial charge in [-0.1, -0.05) is 195 Å². The lowest BCUT2D eigenvalue weighted by atomic mass is 9.67. The third-order valence-electron chi connectivity index (χ3n) is 15.2. The molecule has 1 saturated carbocycles. The molecule has 2 nitrogen and oxygen atoms in total. The molecule has 0 amide bonds. The minimum atomic E-state index is -0.504. The Labute approximate surface area is 392 Å². The molecule has 1 heterocycles. The van der Waals surface area contributed by atoms with Gasteiger partial charge in [0.25, 0.3) is 0 Å². The third-order valence-corrected chi connectivity index (χ3v) is 15.2. The Balaban J connectivity index is 1.06. The van der Waals surface area contributed by atoms with Crippen LogP contribution in [0.5, 0.6) is 0 Å². The minimum Gasteiger partial charge on any atom is -0.456 e. The number of rotatable bonds is 8. The second-order valence-corrected chi connectivity index (χ2v) is 18.8. The van der Waals surface area contributed by atoms with Crippen LogP contribution >= 0.6 is 0 Å². The van der Waals surface area contributed by atoms with E-state index in [-0.39, 0.29) is 0 Å². The Morgan fingerprint density at radius 3 is 1.90 bits per heavy atom. The number of para-hydroxylation sites is 3. The summed E-state index contributed by atoms with van der Waals surface area (Å²) in [6.07, 6.45) is 11.0. The molecule has 9 aromatic carbocycles. The van der Waals surface area contributed by atoms with Crippen LogP contribution in [0.1, 0.15) is 84.2 Å². The molecule has 2 heteroatoms. The van der Waals surface area contributed by atoms with Gasteiger partial charge in [0.1, 0.15) is 11.2 Å². The summed E-state index contributed by atoms with van der Waals surface area (Å²) in [5.74, 6) is 0.592. The Bertz CT molecular complexity index is 3590. The molecule has 1 aromatic heterocycles. The maximum Gasteiger partial charge on any atom is 0.137 e. The molecular formula is C65H51NO. The number of hydrogen-bond donors (Lipinski definition) is 0. The van der Waals surface area contributed by atoms with Crippen molar-refractivity contribution in [1.29, 1.82) is 0 Å². The fraction of sp³-hybridized carbons (Fsp3) is 0.138. The molecule has 3 aliphatic carbocycles. The summed E-state index contributed by atoms with van der Waals surface area (Å²) in [5.41, 5.74) is 19.0. The molecule has 67 heavy (non-hydrogen) atoms. The van der Waals surface area contributed by atoms with Crippen molar-refractivity contribution in [2.45, 2.75) is 56.3 Å². The van der Waals surface area contributed by atoms with Crippen LogP contribution in [0.15, 0.2) is 217 Å².